The van der Waals surface area contributed by atoms with Gasteiger partial charge in [-0.15, -0.1) is 11.8 Å². The van der Waals surface area contributed by atoms with E-state index in [1.54, 1.807) is 11.8 Å². The predicted octanol–water partition coefficient (Wildman–Crippen LogP) is 5.45. The van der Waals surface area contributed by atoms with Crippen molar-refractivity contribution in [2.75, 3.05) is 6.26 Å². The molecule has 0 saturated heterocycles. The summed E-state index contributed by atoms with van der Waals surface area (Å²) in [7, 11) is 0. The summed E-state index contributed by atoms with van der Waals surface area (Å²) in [6, 6.07) is 17.9. The van der Waals surface area contributed by atoms with Crippen LogP contribution in [0.15, 0.2) is 59.5 Å². The summed E-state index contributed by atoms with van der Waals surface area (Å²) in [5, 5.41) is 1.07. The zero-order chi connectivity index (χ0) is 14.4. The van der Waals surface area contributed by atoms with Gasteiger partial charge in [-0.25, -0.2) is 0 Å². The molecule has 0 bridgehead atoms. The Morgan fingerprint density at radius 3 is 2.35 bits per heavy atom. The van der Waals surface area contributed by atoms with Gasteiger partial charge in [0, 0.05) is 21.6 Å². The molecule has 1 nitrogen and oxygen atoms in total. The number of hydrogen-bond acceptors (Lipinski definition) is 3. The van der Waals surface area contributed by atoms with E-state index in [4.69, 9.17) is 11.6 Å². The minimum Gasteiger partial charge on any atom is -0.287 e. The van der Waals surface area contributed by atoms with Crippen LogP contribution in [0.25, 0.3) is 0 Å². The normalized spacial score (nSPS) is 12.1. The van der Waals surface area contributed by atoms with Crippen molar-refractivity contribution in [3.8, 4) is 0 Å². The molecular weight excluding hydrogens is 308 g/mol. The Labute approximate surface area is 133 Å². The minimum atomic E-state index is 0.136. The fourth-order valence-corrected chi connectivity index (χ4v) is 3.52. The quantitative estimate of drug-likeness (QED) is 0.681. The molecule has 2 rings (SSSR count). The van der Waals surface area contributed by atoms with Crippen molar-refractivity contribution in [3.05, 3.63) is 65.2 Å². The summed E-state index contributed by atoms with van der Waals surface area (Å²) in [5.41, 5.74) is 1.18. The molecule has 0 aliphatic heterocycles. The fraction of sp³-hybridized carbons (Fsp3) is 0.188. The van der Waals surface area contributed by atoms with E-state index in [0.717, 1.165) is 9.92 Å². The predicted molar refractivity (Wildman–Crippen MR) is 89.6 cm³/mol. The molecule has 2 aromatic carbocycles. The highest BCUT2D eigenvalue weighted by Crippen LogP contribution is 2.38. The second-order valence-electron chi connectivity index (χ2n) is 4.25. The molecule has 0 N–H and O–H groups in total. The smallest absolute Gasteiger partial charge is 0.190 e. The second-order valence-corrected chi connectivity index (χ2v) is 6.83. The van der Waals surface area contributed by atoms with Crippen LogP contribution >= 0.6 is 35.1 Å². The molecule has 0 aromatic heterocycles. The zero-order valence-electron chi connectivity index (χ0n) is 11.1. The molecule has 0 heterocycles. The van der Waals surface area contributed by atoms with Crippen molar-refractivity contribution < 1.29 is 4.79 Å². The Hall–Kier alpha value is -0.900. The lowest BCUT2D eigenvalue weighted by Gasteiger charge is -2.16. The summed E-state index contributed by atoms with van der Waals surface area (Å²) in [6.07, 6.45) is 2.36. The molecule has 4 heteroatoms. The van der Waals surface area contributed by atoms with E-state index in [1.165, 1.54) is 17.3 Å². The number of thioether (sulfide) groups is 2. The monoisotopic (exact) mass is 322 g/mol. The molecule has 0 saturated carbocycles. The Morgan fingerprint density at radius 2 is 1.75 bits per heavy atom. The maximum absolute atomic E-state index is 11.8. The molecule has 104 valence electrons. The topological polar surface area (TPSA) is 17.1 Å². The summed E-state index contributed by atoms with van der Waals surface area (Å²) in [6.45, 7) is 0. The van der Waals surface area contributed by atoms with Crippen molar-refractivity contribution in [2.24, 2.45) is 0 Å². The SMILES string of the molecule is CSC(=O)CC(Sc1ccc(Cl)cc1)c1ccccc1. The third-order valence-electron chi connectivity index (χ3n) is 2.84. The van der Waals surface area contributed by atoms with Gasteiger partial charge in [-0.1, -0.05) is 53.7 Å². The van der Waals surface area contributed by atoms with Gasteiger partial charge in [0.05, 0.1) is 0 Å². The van der Waals surface area contributed by atoms with E-state index in [1.807, 2.05) is 48.7 Å². The first-order valence-corrected chi connectivity index (χ1v) is 8.71. The van der Waals surface area contributed by atoms with Gasteiger partial charge in [0.2, 0.25) is 0 Å². The van der Waals surface area contributed by atoms with Crippen LogP contribution in [-0.2, 0) is 4.79 Å². The highest BCUT2D eigenvalue weighted by atomic mass is 35.5. The van der Waals surface area contributed by atoms with Crippen LogP contribution < -0.4 is 0 Å². The average molecular weight is 323 g/mol. The van der Waals surface area contributed by atoms with Crippen LogP contribution in [-0.4, -0.2) is 11.4 Å². The van der Waals surface area contributed by atoms with Crippen molar-refractivity contribution in [1.82, 2.24) is 0 Å². The van der Waals surface area contributed by atoms with Crippen molar-refractivity contribution in [2.45, 2.75) is 16.6 Å². The molecule has 0 aliphatic carbocycles. The summed E-state index contributed by atoms with van der Waals surface area (Å²) < 4.78 is 0. The first kappa shape index (κ1) is 15.5. The Balaban J connectivity index is 2.18. The highest BCUT2D eigenvalue weighted by molar-refractivity contribution is 8.13. The molecular formula is C16H15ClOS2. The van der Waals surface area contributed by atoms with Crippen LogP contribution in [0.5, 0.6) is 0 Å². The number of carbonyl (C=O) groups excluding carboxylic acids is 1. The molecule has 0 amide bonds. The number of rotatable bonds is 5. The highest BCUT2D eigenvalue weighted by Gasteiger charge is 2.16. The van der Waals surface area contributed by atoms with E-state index in [0.29, 0.717) is 6.42 Å². The maximum atomic E-state index is 11.8. The van der Waals surface area contributed by atoms with Gasteiger partial charge in [-0.2, -0.15) is 0 Å². The van der Waals surface area contributed by atoms with Crippen molar-refractivity contribution >= 4 is 40.2 Å². The Kier molecular flexibility index (Phi) is 6.02. The van der Waals surface area contributed by atoms with Crippen LogP contribution in [0.2, 0.25) is 5.02 Å². The number of hydrogen-bond donors (Lipinski definition) is 0. The lowest BCUT2D eigenvalue weighted by Crippen LogP contribution is -2.00. The number of halogens is 1. The summed E-state index contributed by atoms with van der Waals surface area (Å²) >= 11 is 8.89. The van der Waals surface area contributed by atoms with Crippen LogP contribution in [0.3, 0.4) is 0 Å². The van der Waals surface area contributed by atoms with Crippen LogP contribution in [0.4, 0.5) is 0 Å². The minimum absolute atomic E-state index is 0.136. The van der Waals surface area contributed by atoms with Gasteiger partial charge >= 0.3 is 0 Å². The summed E-state index contributed by atoms with van der Waals surface area (Å²) in [4.78, 5) is 12.9. The Bertz CT molecular complexity index is 554. The third kappa shape index (κ3) is 4.58. The van der Waals surface area contributed by atoms with Gasteiger partial charge in [0.1, 0.15) is 0 Å². The van der Waals surface area contributed by atoms with Gasteiger partial charge < -0.3 is 0 Å². The maximum Gasteiger partial charge on any atom is 0.190 e. The average Bonchev–Trinajstić information content (AvgIpc) is 2.49. The van der Waals surface area contributed by atoms with E-state index < -0.39 is 0 Å². The standard InChI is InChI=1S/C16H15ClOS2/c1-19-16(18)11-15(12-5-3-2-4-6-12)20-14-9-7-13(17)8-10-14/h2-10,15H,11H2,1H3. The number of carbonyl (C=O) groups is 1. The van der Waals surface area contributed by atoms with Gasteiger partial charge in [-0.05, 0) is 36.1 Å². The lowest BCUT2D eigenvalue weighted by atomic mass is 10.1. The molecule has 0 fully saturated rings. The van der Waals surface area contributed by atoms with E-state index >= 15 is 0 Å². The molecule has 0 radical (unpaired) electrons. The van der Waals surface area contributed by atoms with Crippen LogP contribution in [0, 0.1) is 0 Å². The van der Waals surface area contributed by atoms with Gasteiger partial charge in [-0.3, -0.25) is 4.79 Å². The third-order valence-corrected chi connectivity index (χ3v) is 4.98. The molecule has 1 unspecified atom stereocenters. The van der Waals surface area contributed by atoms with Gasteiger partial charge in [0.15, 0.2) is 5.12 Å². The summed E-state index contributed by atoms with van der Waals surface area (Å²) in [5.74, 6) is 0. The molecule has 1 atom stereocenters. The van der Waals surface area contributed by atoms with Gasteiger partial charge in [0.25, 0.3) is 0 Å². The molecule has 0 spiro atoms. The largest absolute Gasteiger partial charge is 0.287 e. The van der Waals surface area contributed by atoms with E-state index in [-0.39, 0.29) is 10.4 Å². The first-order valence-electron chi connectivity index (χ1n) is 6.23. The van der Waals surface area contributed by atoms with Crippen molar-refractivity contribution in [1.29, 1.82) is 0 Å². The van der Waals surface area contributed by atoms with E-state index in [9.17, 15) is 4.79 Å². The fourth-order valence-electron chi connectivity index (χ4n) is 1.81. The lowest BCUT2D eigenvalue weighted by molar-refractivity contribution is -0.110. The number of benzene rings is 2. The molecule has 2 aromatic rings. The van der Waals surface area contributed by atoms with Crippen molar-refractivity contribution in [3.63, 3.8) is 0 Å². The molecule has 20 heavy (non-hydrogen) atoms. The van der Waals surface area contributed by atoms with E-state index in [2.05, 4.69) is 12.1 Å². The second kappa shape index (κ2) is 7.77. The Morgan fingerprint density at radius 1 is 1.10 bits per heavy atom. The van der Waals surface area contributed by atoms with Crippen LogP contribution in [0.1, 0.15) is 17.2 Å². The molecule has 0 aliphatic rings. The zero-order valence-corrected chi connectivity index (χ0v) is 13.5. The first-order chi connectivity index (χ1) is 9.69.